The van der Waals surface area contributed by atoms with E-state index < -0.39 is 0 Å². The van der Waals surface area contributed by atoms with Crippen LogP contribution in [0, 0.1) is 11.3 Å². The van der Waals surface area contributed by atoms with Gasteiger partial charge >= 0.3 is 0 Å². The average Bonchev–Trinajstić information content (AvgIpc) is 2.63. The minimum atomic E-state index is 0.502. The normalized spacial score (nSPS) is 9.91. The number of benzene rings is 2. The van der Waals surface area contributed by atoms with Gasteiger partial charge in [0.05, 0.1) is 12.7 Å². The molecule has 1 heterocycles. The van der Waals surface area contributed by atoms with Crippen LogP contribution in [-0.4, -0.2) is 12.1 Å². The van der Waals surface area contributed by atoms with Gasteiger partial charge in [-0.1, -0.05) is 30.3 Å². The van der Waals surface area contributed by atoms with Crippen LogP contribution in [0.4, 0.5) is 11.5 Å². The highest BCUT2D eigenvalue weighted by molar-refractivity contribution is 5.70. The van der Waals surface area contributed by atoms with Crippen LogP contribution in [0.3, 0.4) is 0 Å². The van der Waals surface area contributed by atoms with Gasteiger partial charge in [-0.25, -0.2) is 4.98 Å². The molecule has 4 heteroatoms. The van der Waals surface area contributed by atoms with E-state index in [1.807, 2.05) is 60.7 Å². The molecule has 3 aromatic rings. The molecule has 0 fully saturated rings. The molecule has 4 nitrogen and oxygen atoms in total. The van der Waals surface area contributed by atoms with Gasteiger partial charge in [-0.15, -0.1) is 0 Å². The first-order valence-electron chi connectivity index (χ1n) is 7.17. The SMILES string of the molecule is COc1ccc(Nc2ncc(-c3ccccc3)cc2C#N)cc1. The molecular formula is C19H15N3O. The zero-order valence-corrected chi connectivity index (χ0v) is 12.7. The average molecular weight is 301 g/mol. The lowest BCUT2D eigenvalue weighted by molar-refractivity contribution is 0.415. The summed E-state index contributed by atoms with van der Waals surface area (Å²) in [5.41, 5.74) is 3.30. The molecule has 3 rings (SSSR count). The van der Waals surface area contributed by atoms with Crippen molar-refractivity contribution in [2.45, 2.75) is 0 Å². The predicted molar refractivity (Wildman–Crippen MR) is 90.7 cm³/mol. The Bertz CT molecular complexity index is 837. The summed E-state index contributed by atoms with van der Waals surface area (Å²) in [5, 5.41) is 12.6. The lowest BCUT2D eigenvalue weighted by Crippen LogP contribution is -1.97. The number of aromatic nitrogens is 1. The van der Waals surface area contributed by atoms with Crippen molar-refractivity contribution >= 4 is 11.5 Å². The van der Waals surface area contributed by atoms with Gasteiger partial charge in [0, 0.05) is 17.4 Å². The molecule has 2 aromatic carbocycles. The molecule has 1 aromatic heterocycles. The second-order valence-electron chi connectivity index (χ2n) is 4.95. The van der Waals surface area contributed by atoms with Crippen LogP contribution in [0.25, 0.3) is 11.1 Å². The Morgan fingerprint density at radius 2 is 1.74 bits per heavy atom. The lowest BCUT2D eigenvalue weighted by atomic mass is 10.1. The number of methoxy groups -OCH3 is 1. The van der Waals surface area contributed by atoms with E-state index >= 15 is 0 Å². The third-order valence-corrected chi connectivity index (χ3v) is 3.47. The number of rotatable bonds is 4. The third-order valence-electron chi connectivity index (χ3n) is 3.47. The molecule has 0 radical (unpaired) electrons. The first-order chi connectivity index (χ1) is 11.3. The Kier molecular flexibility index (Phi) is 4.21. The maximum absolute atomic E-state index is 9.40. The molecular weight excluding hydrogens is 286 g/mol. The van der Waals surface area contributed by atoms with Crippen LogP contribution in [0.2, 0.25) is 0 Å². The van der Waals surface area contributed by atoms with E-state index in [9.17, 15) is 5.26 Å². The number of anilines is 2. The van der Waals surface area contributed by atoms with E-state index in [2.05, 4.69) is 16.4 Å². The summed E-state index contributed by atoms with van der Waals surface area (Å²) in [6, 6.07) is 21.4. The third kappa shape index (κ3) is 3.30. The van der Waals surface area contributed by atoms with E-state index in [1.165, 1.54) is 0 Å². The van der Waals surface area contributed by atoms with Crippen molar-refractivity contribution in [1.29, 1.82) is 5.26 Å². The summed E-state index contributed by atoms with van der Waals surface area (Å²) in [7, 11) is 1.63. The zero-order valence-electron chi connectivity index (χ0n) is 12.7. The number of hydrogen-bond acceptors (Lipinski definition) is 4. The van der Waals surface area contributed by atoms with E-state index in [0.29, 0.717) is 11.4 Å². The fourth-order valence-corrected chi connectivity index (χ4v) is 2.25. The summed E-state index contributed by atoms with van der Waals surface area (Å²) < 4.78 is 5.13. The van der Waals surface area contributed by atoms with Gasteiger partial charge < -0.3 is 10.1 Å². The molecule has 0 atom stereocenters. The van der Waals surface area contributed by atoms with Gasteiger partial charge in [0.1, 0.15) is 17.6 Å². The van der Waals surface area contributed by atoms with Crippen molar-refractivity contribution in [3.8, 4) is 22.9 Å². The van der Waals surface area contributed by atoms with Crippen molar-refractivity contribution < 1.29 is 4.74 Å². The number of nitrogens with one attached hydrogen (secondary N) is 1. The van der Waals surface area contributed by atoms with E-state index in [4.69, 9.17) is 4.74 Å². The van der Waals surface area contributed by atoms with Crippen LogP contribution in [-0.2, 0) is 0 Å². The fraction of sp³-hybridized carbons (Fsp3) is 0.0526. The first-order valence-corrected chi connectivity index (χ1v) is 7.17. The molecule has 112 valence electrons. The van der Waals surface area contributed by atoms with Crippen molar-refractivity contribution in [1.82, 2.24) is 4.98 Å². The Balaban J connectivity index is 1.89. The zero-order chi connectivity index (χ0) is 16.1. The number of nitrogens with zero attached hydrogens (tertiary/aromatic N) is 2. The van der Waals surface area contributed by atoms with Gasteiger partial charge in [-0.3, -0.25) is 0 Å². The van der Waals surface area contributed by atoms with Gasteiger partial charge in [0.25, 0.3) is 0 Å². The summed E-state index contributed by atoms with van der Waals surface area (Å²) in [6.07, 6.45) is 1.77. The van der Waals surface area contributed by atoms with Gasteiger partial charge in [-0.2, -0.15) is 5.26 Å². The predicted octanol–water partition coefficient (Wildman–Crippen LogP) is 4.37. The Hall–Kier alpha value is -3.32. The van der Waals surface area contributed by atoms with Gasteiger partial charge in [0.15, 0.2) is 0 Å². The molecule has 1 N–H and O–H groups in total. The highest BCUT2D eigenvalue weighted by atomic mass is 16.5. The minimum Gasteiger partial charge on any atom is -0.497 e. The van der Waals surface area contributed by atoms with Gasteiger partial charge in [0.2, 0.25) is 0 Å². The van der Waals surface area contributed by atoms with Crippen LogP contribution in [0.15, 0.2) is 66.9 Å². The van der Waals surface area contributed by atoms with Crippen LogP contribution in [0.5, 0.6) is 5.75 Å². The second-order valence-corrected chi connectivity index (χ2v) is 4.95. The van der Waals surface area contributed by atoms with E-state index in [-0.39, 0.29) is 0 Å². The van der Waals surface area contributed by atoms with Crippen molar-refractivity contribution in [2.24, 2.45) is 0 Å². The summed E-state index contributed by atoms with van der Waals surface area (Å²) in [5.74, 6) is 1.32. The maximum Gasteiger partial charge on any atom is 0.148 e. The van der Waals surface area contributed by atoms with Crippen LogP contribution in [0.1, 0.15) is 5.56 Å². The minimum absolute atomic E-state index is 0.502. The number of nitriles is 1. The lowest BCUT2D eigenvalue weighted by Gasteiger charge is -2.09. The Morgan fingerprint density at radius 3 is 2.39 bits per heavy atom. The molecule has 23 heavy (non-hydrogen) atoms. The Morgan fingerprint density at radius 1 is 1.00 bits per heavy atom. The van der Waals surface area contributed by atoms with Gasteiger partial charge in [-0.05, 0) is 35.9 Å². The Labute approximate surface area is 135 Å². The number of pyridine rings is 1. The standard InChI is InChI=1S/C19H15N3O/c1-23-18-9-7-17(8-10-18)22-19-15(12-20)11-16(13-21-19)14-5-3-2-4-6-14/h2-11,13H,1H3,(H,21,22). The van der Waals surface area contributed by atoms with Crippen LogP contribution >= 0.6 is 0 Å². The fourth-order valence-electron chi connectivity index (χ4n) is 2.25. The molecule has 0 aliphatic carbocycles. The molecule has 0 aliphatic rings. The highest BCUT2D eigenvalue weighted by Crippen LogP contribution is 2.25. The summed E-state index contributed by atoms with van der Waals surface area (Å²) in [4.78, 5) is 4.40. The molecule has 0 aliphatic heterocycles. The number of hydrogen-bond donors (Lipinski definition) is 1. The molecule has 0 unspecified atom stereocenters. The smallest absolute Gasteiger partial charge is 0.148 e. The molecule has 0 spiro atoms. The monoisotopic (exact) mass is 301 g/mol. The van der Waals surface area contributed by atoms with E-state index in [0.717, 1.165) is 22.6 Å². The molecule has 0 amide bonds. The first kappa shape index (κ1) is 14.6. The topological polar surface area (TPSA) is 57.9 Å². The summed E-state index contributed by atoms with van der Waals surface area (Å²) in [6.45, 7) is 0. The van der Waals surface area contributed by atoms with Crippen molar-refractivity contribution in [3.05, 3.63) is 72.4 Å². The largest absolute Gasteiger partial charge is 0.497 e. The highest BCUT2D eigenvalue weighted by Gasteiger charge is 2.07. The summed E-state index contributed by atoms with van der Waals surface area (Å²) >= 11 is 0. The van der Waals surface area contributed by atoms with Crippen molar-refractivity contribution in [2.75, 3.05) is 12.4 Å². The number of ether oxygens (including phenoxy) is 1. The van der Waals surface area contributed by atoms with E-state index in [1.54, 1.807) is 13.3 Å². The molecule has 0 saturated carbocycles. The van der Waals surface area contributed by atoms with Crippen molar-refractivity contribution in [3.63, 3.8) is 0 Å². The molecule has 0 bridgehead atoms. The maximum atomic E-state index is 9.40. The second kappa shape index (κ2) is 6.63. The molecule has 0 saturated heterocycles. The quantitative estimate of drug-likeness (QED) is 0.777. The van der Waals surface area contributed by atoms with Crippen LogP contribution < -0.4 is 10.1 Å².